The first kappa shape index (κ1) is 17.3. The molecule has 0 aliphatic carbocycles. The fourth-order valence-corrected chi connectivity index (χ4v) is 8.67. The SMILES string of the molecule is C=C(c1ccccc1)[Si](c1ccccc1)(c1ccccc1)c1ccccc1. The molecule has 0 aliphatic rings. The molecule has 0 radical (unpaired) electrons. The predicted octanol–water partition coefficient (Wildman–Crippen LogP) is 4.41. The van der Waals surface area contributed by atoms with Gasteiger partial charge in [-0.15, -0.1) is 0 Å². The predicted molar refractivity (Wildman–Crippen MR) is 119 cm³/mol. The molecule has 0 bridgehead atoms. The quantitative estimate of drug-likeness (QED) is 0.364. The zero-order valence-corrected chi connectivity index (χ0v) is 16.3. The lowest BCUT2D eigenvalue weighted by Gasteiger charge is -2.36. The van der Waals surface area contributed by atoms with E-state index >= 15 is 0 Å². The van der Waals surface area contributed by atoms with E-state index < -0.39 is 8.07 Å². The summed E-state index contributed by atoms with van der Waals surface area (Å²) in [6.07, 6.45) is 0. The van der Waals surface area contributed by atoms with Crippen LogP contribution in [0, 0.1) is 0 Å². The van der Waals surface area contributed by atoms with Crippen LogP contribution in [0.3, 0.4) is 0 Å². The number of rotatable bonds is 5. The highest BCUT2D eigenvalue weighted by molar-refractivity contribution is 7.23. The van der Waals surface area contributed by atoms with Crippen LogP contribution in [0.15, 0.2) is 128 Å². The molecule has 0 amide bonds. The van der Waals surface area contributed by atoms with E-state index in [2.05, 4.69) is 128 Å². The van der Waals surface area contributed by atoms with Crippen LogP contribution in [-0.4, -0.2) is 8.07 Å². The van der Waals surface area contributed by atoms with E-state index in [0.29, 0.717) is 0 Å². The lowest BCUT2D eigenvalue weighted by atomic mass is 10.2. The molecule has 0 fully saturated rings. The monoisotopic (exact) mass is 362 g/mol. The Labute approximate surface area is 162 Å². The van der Waals surface area contributed by atoms with Crippen molar-refractivity contribution in [3.05, 3.63) is 133 Å². The summed E-state index contributed by atoms with van der Waals surface area (Å²) >= 11 is 0. The van der Waals surface area contributed by atoms with Crippen molar-refractivity contribution in [3.63, 3.8) is 0 Å². The summed E-state index contributed by atoms with van der Waals surface area (Å²) < 4.78 is 0. The van der Waals surface area contributed by atoms with Gasteiger partial charge in [-0.25, -0.2) is 0 Å². The number of hydrogen-bond donors (Lipinski definition) is 0. The van der Waals surface area contributed by atoms with E-state index in [4.69, 9.17) is 0 Å². The molecule has 0 aliphatic heterocycles. The topological polar surface area (TPSA) is 0 Å². The van der Waals surface area contributed by atoms with Gasteiger partial charge in [0.25, 0.3) is 0 Å². The fourth-order valence-electron chi connectivity index (χ4n) is 3.94. The van der Waals surface area contributed by atoms with Gasteiger partial charge in [0.1, 0.15) is 0 Å². The van der Waals surface area contributed by atoms with Crippen molar-refractivity contribution in [3.8, 4) is 0 Å². The fraction of sp³-hybridized carbons (Fsp3) is 0. The van der Waals surface area contributed by atoms with E-state index in [9.17, 15) is 0 Å². The molecule has 0 aromatic heterocycles. The molecule has 27 heavy (non-hydrogen) atoms. The minimum Gasteiger partial charge on any atom is -0.0981 e. The highest BCUT2D eigenvalue weighted by Gasteiger charge is 2.42. The van der Waals surface area contributed by atoms with Crippen LogP contribution < -0.4 is 15.6 Å². The van der Waals surface area contributed by atoms with Gasteiger partial charge in [0.2, 0.25) is 0 Å². The van der Waals surface area contributed by atoms with Crippen LogP contribution in [0.25, 0.3) is 5.20 Å². The molecule has 0 spiro atoms. The maximum Gasteiger partial charge on any atom is 0.179 e. The van der Waals surface area contributed by atoms with Crippen LogP contribution in [0.4, 0.5) is 0 Å². The first-order valence-corrected chi connectivity index (χ1v) is 11.2. The standard InChI is InChI=1S/C26H22Si/c1-22(23-14-6-2-7-15-23)27(24-16-8-3-9-17-24,25-18-10-4-11-19-25)26-20-12-5-13-21-26/h2-21H,1H2. The molecule has 0 unspecified atom stereocenters. The van der Waals surface area contributed by atoms with Crippen molar-refractivity contribution in [2.75, 3.05) is 0 Å². The van der Waals surface area contributed by atoms with Gasteiger partial charge >= 0.3 is 0 Å². The molecule has 4 rings (SSSR count). The molecule has 0 saturated heterocycles. The average molecular weight is 363 g/mol. The summed E-state index contributed by atoms with van der Waals surface area (Å²) in [5.41, 5.74) is 1.21. The van der Waals surface area contributed by atoms with E-state index in [1.807, 2.05) is 0 Å². The van der Waals surface area contributed by atoms with Crippen molar-refractivity contribution in [1.29, 1.82) is 0 Å². The van der Waals surface area contributed by atoms with Gasteiger partial charge in [-0.1, -0.05) is 128 Å². The van der Waals surface area contributed by atoms with Crippen LogP contribution in [0.5, 0.6) is 0 Å². The lowest BCUT2D eigenvalue weighted by molar-refractivity contribution is 1.63. The van der Waals surface area contributed by atoms with E-state index in [0.717, 1.165) is 0 Å². The highest BCUT2D eigenvalue weighted by Crippen LogP contribution is 2.24. The van der Waals surface area contributed by atoms with Crippen LogP contribution in [-0.2, 0) is 0 Å². The molecule has 0 heterocycles. The molecule has 4 aromatic rings. The minimum absolute atomic E-state index is 1.21. The largest absolute Gasteiger partial charge is 0.179 e. The Morgan fingerprint density at radius 2 is 0.741 bits per heavy atom. The van der Waals surface area contributed by atoms with Gasteiger partial charge in [-0.05, 0) is 26.3 Å². The van der Waals surface area contributed by atoms with Crippen molar-refractivity contribution < 1.29 is 0 Å². The Morgan fingerprint density at radius 3 is 1.07 bits per heavy atom. The maximum absolute atomic E-state index is 4.69. The van der Waals surface area contributed by atoms with Gasteiger partial charge in [0.15, 0.2) is 8.07 Å². The van der Waals surface area contributed by atoms with Gasteiger partial charge in [-0.3, -0.25) is 0 Å². The molecule has 1 heteroatoms. The molecular weight excluding hydrogens is 340 g/mol. The summed E-state index contributed by atoms with van der Waals surface area (Å²) in [6, 6.07) is 43.3. The Morgan fingerprint density at radius 1 is 0.444 bits per heavy atom. The summed E-state index contributed by atoms with van der Waals surface area (Å²) in [7, 11) is -2.46. The zero-order chi connectivity index (χ0) is 18.5. The summed E-state index contributed by atoms with van der Waals surface area (Å²) in [4.78, 5) is 0. The average Bonchev–Trinajstić information content (AvgIpc) is 2.77. The van der Waals surface area contributed by atoms with Gasteiger partial charge in [0.05, 0.1) is 0 Å². The van der Waals surface area contributed by atoms with Crippen molar-refractivity contribution in [1.82, 2.24) is 0 Å². The van der Waals surface area contributed by atoms with Gasteiger partial charge < -0.3 is 0 Å². The van der Waals surface area contributed by atoms with Crippen LogP contribution in [0.1, 0.15) is 5.56 Å². The minimum atomic E-state index is -2.46. The molecular formula is C26H22Si. The number of hydrogen-bond acceptors (Lipinski definition) is 0. The van der Waals surface area contributed by atoms with E-state index in [1.54, 1.807) is 0 Å². The van der Waals surface area contributed by atoms with Crippen LogP contribution in [0.2, 0.25) is 0 Å². The van der Waals surface area contributed by atoms with Crippen LogP contribution >= 0.6 is 0 Å². The third-order valence-corrected chi connectivity index (χ3v) is 9.99. The summed E-state index contributed by atoms with van der Waals surface area (Å²) in [5, 5.41) is 5.29. The maximum atomic E-state index is 4.69. The zero-order valence-electron chi connectivity index (χ0n) is 15.3. The Hall–Kier alpha value is -3.16. The third kappa shape index (κ3) is 3.07. The van der Waals surface area contributed by atoms with Gasteiger partial charge in [-0.2, -0.15) is 0 Å². The normalized spacial score (nSPS) is 11.1. The third-order valence-electron chi connectivity index (χ3n) is 5.20. The number of benzene rings is 4. The van der Waals surface area contributed by atoms with Crippen molar-refractivity contribution in [2.24, 2.45) is 0 Å². The van der Waals surface area contributed by atoms with Gasteiger partial charge in [0, 0.05) is 0 Å². The molecule has 4 aromatic carbocycles. The first-order chi connectivity index (χ1) is 13.3. The highest BCUT2D eigenvalue weighted by atomic mass is 28.3. The Bertz CT molecular complexity index is 910. The molecule has 0 nitrogen and oxygen atoms in total. The van der Waals surface area contributed by atoms with Crippen molar-refractivity contribution >= 4 is 28.8 Å². The van der Waals surface area contributed by atoms with E-state index in [-0.39, 0.29) is 0 Å². The first-order valence-electron chi connectivity index (χ1n) is 9.25. The molecule has 0 atom stereocenters. The Balaban J connectivity index is 2.08. The van der Waals surface area contributed by atoms with Crippen molar-refractivity contribution in [2.45, 2.75) is 0 Å². The second kappa shape index (κ2) is 7.61. The summed E-state index contributed by atoms with van der Waals surface area (Å²) in [6.45, 7) is 4.69. The van der Waals surface area contributed by atoms with E-state index in [1.165, 1.54) is 26.3 Å². The lowest BCUT2D eigenvalue weighted by Crippen LogP contribution is -2.67. The smallest absolute Gasteiger partial charge is 0.0981 e. The second-order valence-electron chi connectivity index (χ2n) is 6.69. The molecule has 0 N–H and O–H groups in total. The second-order valence-corrected chi connectivity index (χ2v) is 10.5. The molecule has 130 valence electrons. The Kier molecular flexibility index (Phi) is 4.86. The summed E-state index contributed by atoms with van der Waals surface area (Å²) in [5.74, 6) is 0. The molecule has 0 saturated carbocycles.